The number of hydrogen-bond donors (Lipinski definition) is 1. The summed E-state index contributed by atoms with van der Waals surface area (Å²) in [5.74, 6) is 0. The molecule has 2 nitrogen and oxygen atoms in total. The van der Waals surface area contributed by atoms with Gasteiger partial charge in [0.1, 0.15) is 0 Å². The van der Waals surface area contributed by atoms with Gasteiger partial charge in [-0.2, -0.15) is 0 Å². The molecule has 1 aromatic rings. The Balaban J connectivity index is 1.91. The first-order valence-corrected chi connectivity index (χ1v) is 7.79. The second kappa shape index (κ2) is 6.95. The van der Waals surface area contributed by atoms with Gasteiger partial charge in [0.2, 0.25) is 0 Å². The standard InChI is InChI=1S/C17H28N2/c1-4-14-6-10-16(11-7-14)19(3)17-12-8-15(9-13-17)18-5-2/h6-7,10-11,15,17-18H,4-5,8-9,12-13H2,1-3H3. The van der Waals surface area contributed by atoms with Gasteiger partial charge >= 0.3 is 0 Å². The van der Waals surface area contributed by atoms with Crippen LogP contribution in [0.3, 0.4) is 0 Å². The number of nitrogens with zero attached hydrogens (tertiary/aromatic N) is 1. The molecule has 106 valence electrons. The highest BCUT2D eigenvalue weighted by Gasteiger charge is 2.23. The van der Waals surface area contributed by atoms with Gasteiger partial charge in [-0.1, -0.05) is 26.0 Å². The maximum atomic E-state index is 3.58. The van der Waals surface area contributed by atoms with Crippen LogP contribution in [0.5, 0.6) is 0 Å². The van der Waals surface area contributed by atoms with Gasteiger partial charge in [-0.05, 0) is 56.3 Å². The molecule has 0 aromatic heterocycles. The average Bonchev–Trinajstić information content (AvgIpc) is 2.48. The molecule has 1 N–H and O–H groups in total. The Kier molecular flexibility index (Phi) is 5.26. The molecule has 1 saturated carbocycles. The third-order valence-corrected chi connectivity index (χ3v) is 4.49. The molecular weight excluding hydrogens is 232 g/mol. The molecule has 0 spiro atoms. The van der Waals surface area contributed by atoms with Gasteiger partial charge in [-0.15, -0.1) is 0 Å². The van der Waals surface area contributed by atoms with Crippen molar-refractivity contribution in [3.63, 3.8) is 0 Å². The summed E-state index contributed by atoms with van der Waals surface area (Å²) < 4.78 is 0. The van der Waals surface area contributed by atoms with Crippen LogP contribution >= 0.6 is 0 Å². The Morgan fingerprint density at radius 1 is 1.05 bits per heavy atom. The molecule has 0 unspecified atom stereocenters. The molecule has 0 radical (unpaired) electrons. The SMILES string of the molecule is CCNC1CCC(N(C)c2ccc(CC)cc2)CC1. The Morgan fingerprint density at radius 2 is 1.68 bits per heavy atom. The van der Waals surface area contributed by atoms with E-state index in [0.29, 0.717) is 6.04 Å². The molecule has 0 atom stereocenters. The minimum absolute atomic E-state index is 0.711. The second-order valence-corrected chi connectivity index (χ2v) is 5.69. The Labute approximate surface area is 118 Å². The van der Waals surface area contributed by atoms with Gasteiger partial charge < -0.3 is 10.2 Å². The van der Waals surface area contributed by atoms with Gasteiger partial charge in [-0.3, -0.25) is 0 Å². The molecule has 0 saturated heterocycles. The Bertz CT molecular complexity index is 363. The molecule has 1 fully saturated rings. The first-order chi connectivity index (χ1) is 9.24. The van der Waals surface area contributed by atoms with Crippen LogP contribution in [0.1, 0.15) is 45.1 Å². The molecule has 2 heteroatoms. The lowest BCUT2D eigenvalue weighted by atomic mass is 9.90. The predicted molar refractivity (Wildman–Crippen MR) is 83.9 cm³/mol. The van der Waals surface area contributed by atoms with Crippen molar-refractivity contribution in [3.05, 3.63) is 29.8 Å². The fourth-order valence-electron chi connectivity index (χ4n) is 3.13. The van der Waals surface area contributed by atoms with Crippen LogP contribution < -0.4 is 10.2 Å². The molecule has 1 aliphatic rings. The van der Waals surface area contributed by atoms with Gasteiger partial charge in [0.25, 0.3) is 0 Å². The number of anilines is 1. The van der Waals surface area contributed by atoms with Gasteiger partial charge in [0.05, 0.1) is 0 Å². The van der Waals surface area contributed by atoms with Gasteiger partial charge in [0, 0.05) is 24.8 Å². The fourth-order valence-corrected chi connectivity index (χ4v) is 3.13. The van der Waals surface area contributed by atoms with E-state index < -0.39 is 0 Å². The van der Waals surface area contributed by atoms with Crippen LogP contribution in [-0.4, -0.2) is 25.7 Å². The molecular formula is C17H28N2. The third-order valence-electron chi connectivity index (χ3n) is 4.49. The minimum Gasteiger partial charge on any atom is -0.372 e. The van der Waals surface area contributed by atoms with Gasteiger partial charge in [-0.25, -0.2) is 0 Å². The highest BCUT2D eigenvalue weighted by Crippen LogP contribution is 2.26. The molecule has 0 aliphatic heterocycles. The molecule has 2 rings (SSSR count). The largest absolute Gasteiger partial charge is 0.372 e. The fraction of sp³-hybridized carbons (Fsp3) is 0.647. The normalized spacial score (nSPS) is 23.3. The van der Waals surface area contributed by atoms with E-state index in [0.717, 1.165) is 19.0 Å². The number of nitrogens with one attached hydrogen (secondary N) is 1. The number of rotatable bonds is 5. The maximum absolute atomic E-state index is 3.58. The lowest BCUT2D eigenvalue weighted by molar-refractivity contribution is 0.341. The lowest BCUT2D eigenvalue weighted by Gasteiger charge is -2.36. The van der Waals surface area contributed by atoms with Crippen LogP contribution in [0, 0.1) is 0 Å². The maximum Gasteiger partial charge on any atom is 0.0366 e. The summed E-state index contributed by atoms with van der Waals surface area (Å²) in [5.41, 5.74) is 2.79. The smallest absolute Gasteiger partial charge is 0.0366 e. The predicted octanol–water partition coefficient (Wildman–Crippen LogP) is 3.61. The van der Waals surface area contributed by atoms with Crippen LogP contribution in [0.15, 0.2) is 24.3 Å². The summed E-state index contributed by atoms with van der Waals surface area (Å²) in [4.78, 5) is 2.47. The summed E-state index contributed by atoms with van der Waals surface area (Å²) in [6.07, 6.45) is 6.37. The van der Waals surface area contributed by atoms with Crippen molar-refractivity contribution in [3.8, 4) is 0 Å². The van der Waals surface area contributed by atoms with Crippen molar-refractivity contribution < 1.29 is 0 Å². The summed E-state index contributed by atoms with van der Waals surface area (Å²) in [6, 6.07) is 10.5. The van der Waals surface area contributed by atoms with Crippen LogP contribution in [0.25, 0.3) is 0 Å². The summed E-state index contributed by atoms with van der Waals surface area (Å²) in [6.45, 7) is 5.51. The minimum atomic E-state index is 0.711. The van der Waals surface area contributed by atoms with E-state index in [4.69, 9.17) is 0 Å². The average molecular weight is 260 g/mol. The van der Waals surface area contributed by atoms with E-state index >= 15 is 0 Å². The molecule has 19 heavy (non-hydrogen) atoms. The van der Waals surface area contributed by atoms with E-state index in [-0.39, 0.29) is 0 Å². The van der Waals surface area contributed by atoms with Crippen molar-refractivity contribution in [2.45, 2.75) is 58.0 Å². The quantitative estimate of drug-likeness (QED) is 0.870. The van der Waals surface area contributed by atoms with Crippen LogP contribution in [0.2, 0.25) is 0 Å². The highest BCUT2D eigenvalue weighted by atomic mass is 15.1. The Morgan fingerprint density at radius 3 is 2.21 bits per heavy atom. The number of hydrogen-bond acceptors (Lipinski definition) is 2. The molecule has 0 bridgehead atoms. The summed E-state index contributed by atoms with van der Waals surface area (Å²) >= 11 is 0. The Hall–Kier alpha value is -1.02. The van der Waals surface area contributed by atoms with E-state index in [9.17, 15) is 0 Å². The first kappa shape index (κ1) is 14.4. The van der Waals surface area contributed by atoms with Crippen molar-refractivity contribution in [2.24, 2.45) is 0 Å². The van der Waals surface area contributed by atoms with E-state index in [2.05, 4.69) is 55.4 Å². The van der Waals surface area contributed by atoms with E-state index in [1.165, 1.54) is 36.9 Å². The zero-order chi connectivity index (χ0) is 13.7. The molecule has 0 amide bonds. The van der Waals surface area contributed by atoms with Crippen molar-refractivity contribution in [1.82, 2.24) is 5.32 Å². The molecule has 1 aromatic carbocycles. The monoisotopic (exact) mass is 260 g/mol. The topological polar surface area (TPSA) is 15.3 Å². The zero-order valence-corrected chi connectivity index (χ0v) is 12.7. The van der Waals surface area contributed by atoms with E-state index in [1.807, 2.05) is 0 Å². The van der Waals surface area contributed by atoms with Crippen LogP contribution in [0.4, 0.5) is 5.69 Å². The van der Waals surface area contributed by atoms with Crippen molar-refractivity contribution in [2.75, 3.05) is 18.5 Å². The summed E-state index contributed by atoms with van der Waals surface area (Å²) in [7, 11) is 2.25. The van der Waals surface area contributed by atoms with Crippen molar-refractivity contribution in [1.29, 1.82) is 0 Å². The highest BCUT2D eigenvalue weighted by molar-refractivity contribution is 5.47. The second-order valence-electron chi connectivity index (χ2n) is 5.69. The molecule has 1 aliphatic carbocycles. The first-order valence-electron chi connectivity index (χ1n) is 7.79. The lowest BCUT2D eigenvalue weighted by Crippen LogP contribution is -2.40. The van der Waals surface area contributed by atoms with E-state index in [1.54, 1.807) is 0 Å². The van der Waals surface area contributed by atoms with Crippen LogP contribution in [-0.2, 0) is 6.42 Å². The number of benzene rings is 1. The summed E-state index contributed by atoms with van der Waals surface area (Å²) in [5, 5.41) is 3.58. The zero-order valence-electron chi connectivity index (χ0n) is 12.7. The number of aryl methyl sites for hydroxylation is 1. The van der Waals surface area contributed by atoms with Crippen molar-refractivity contribution >= 4 is 5.69 Å². The van der Waals surface area contributed by atoms with Gasteiger partial charge in [0.15, 0.2) is 0 Å². The third kappa shape index (κ3) is 3.73. The molecule has 0 heterocycles.